The first kappa shape index (κ1) is 13.9. The molecule has 0 aliphatic rings. The molecule has 0 aromatic heterocycles. The fraction of sp³-hybridized carbons (Fsp3) is 0.250. The molecule has 0 radical (unpaired) electrons. The largest absolute Gasteiger partial charge is 0.497 e. The molecule has 2 nitrogen and oxygen atoms in total. The summed E-state index contributed by atoms with van der Waals surface area (Å²) in [5, 5.41) is 2.71. The van der Waals surface area contributed by atoms with Gasteiger partial charge in [0.15, 0.2) is 0 Å². The summed E-state index contributed by atoms with van der Waals surface area (Å²) < 4.78 is 10.5. The average Bonchev–Trinajstić information content (AvgIpc) is 2.42. The second-order valence-corrected chi connectivity index (χ2v) is 5.81. The van der Waals surface area contributed by atoms with Crippen LogP contribution in [0, 0.1) is 13.8 Å². The summed E-state index contributed by atoms with van der Waals surface area (Å²) in [6.45, 7) is 4.26. The van der Waals surface area contributed by atoms with Crippen LogP contribution in [0.25, 0.3) is 0 Å². The van der Waals surface area contributed by atoms with Crippen LogP contribution in [0.15, 0.2) is 36.4 Å². The minimum Gasteiger partial charge on any atom is -0.497 e. The topological polar surface area (TPSA) is 18.5 Å². The first-order chi connectivity index (χ1) is 9.13. The molecule has 0 amide bonds. The van der Waals surface area contributed by atoms with Crippen LogP contribution in [0.5, 0.6) is 11.5 Å². The Morgan fingerprint density at radius 3 is 1.47 bits per heavy atom. The fourth-order valence-corrected chi connectivity index (χ4v) is 3.11. The van der Waals surface area contributed by atoms with Crippen molar-refractivity contribution < 1.29 is 9.47 Å². The third-order valence-electron chi connectivity index (χ3n) is 3.14. The zero-order valence-corrected chi connectivity index (χ0v) is 12.8. The van der Waals surface area contributed by atoms with Gasteiger partial charge in [-0.25, -0.2) is 0 Å². The van der Waals surface area contributed by atoms with Gasteiger partial charge in [0.1, 0.15) is 11.5 Å². The van der Waals surface area contributed by atoms with E-state index < -0.39 is 0 Å². The Labute approximate surface area is 116 Å². The van der Waals surface area contributed by atoms with Crippen molar-refractivity contribution in [1.29, 1.82) is 0 Å². The molecule has 2 aromatic rings. The highest BCUT2D eigenvalue weighted by molar-refractivity contribution is 7.55. The Hall–Kier alpha value is -1.53. The Morgan fingerprint density at radius 1 is 0.737 bits per heavy atom. The molecule has 0 aliphatic heterocycles. The van der Waals surface area contributed by atoms with Crippen LogP contribution >= 0.6 is 8.58 Å². The highest BCUT2D eigenvalue weighted by atomic mass is 31.1. The first-order valence-corrected chi connectivity index (χ1v) is 7.20. The molecule has 2 aromatic carbocycles. The molecule has 0 N–H and O–H groups in total. The smallest absolute Gasteiger partial charge is 0.119 e. The molecule has 0 fully saturated rings. The van der Waals surface area contributed by atoms with E-state index in [1.54, 1.807) is 14.2 Å². The van der Waals surface area contributed by atoms with Crippen molar-refractivity contribution >= 4 is 19.2 Å². The van der Waals surface area contributed by atoms with Crippen LogP contribution in [0.3, 0.4) is 0 Å². The first-order valence-electron chi connectivity index (χ1n) is 6.20. The van der Waals surface area contributed by atoms with E-state index in [1.807, 2.05) is 12.1 Å². The zero-order chi connectivity index (χ0) is 13.8. The maximum absolute atomic E-state index is 5.24. The van der Waals surface area contributed by atoms with E-state index >= 15 is 0 Å². The fourth-order valence-electron chi connectivity index (χ4n) is 1.95. The lowest BCUT2D eigenvalue weighted by molar-refractivity contribution is 0.414. The highest BCUT2D eigenvalue weighted by Gasteiger charge is 2.05. The van der Waals surface area contributed by atoms with Gasteiger partial charge >= 0.3 is 0 Å². The predicted molar refractivity (Wildman–Crippen MR) is 83.0 cm³/mol. The number of aryl methyl sites for hydroxylation is 2. The van der Waals surface area contributed by atoms with Crippen molar-refractivity contribution in [1.82, 2.24) is 0 Å². The van der Waals surface area contributed by atoms with Crippen molar-refractivity contribution in [3.63, 3.8) is 0 Å². The zero-order valence-electron chi connectivity index (χ0n) is 11.8. The van der Waals surface area contributed by atoms with Crippen LogP contribution in [0.1, 0.15) is 11.1 Å². The van der Waals surface area contributed by atoms with Gasteiger partial charge in [-0.3, -0.25) is 0 Å². The number of methoxy groups -OCH3 is 2. The maximum atomic E-state index is 5.24. The molecular weight excluding hydrogens is 255 g/mol. The summed E-state index contributed by atoms with van der Waals surface area (Å²) in [5.74, 6) is 1.83. The normalized spacial score (nSPS) is 10.3. The maximum Gasteiger partial charge on any atom is 0.119 e. The van der Waals surface area contributed by atoms with E-state index in [0.717, 1.165) is 11.5 Å². The van der Waals surface area contributed by atoms with Crippen molar-refractivity contribution in [3.05, 3.63) is 47.5 Å². The number of hydrogen-bond donors (Lipinski definition) is 0. The van der Waals surface area contributed by atoms with E-state index in [4.69, 9.17) is 9.47 Å². The Balaban J connectivity index is 2.26. The average molecular weight is 274 g/mol. The number of benzene rings is 2. The van der Waals surface area contributed by atoms with E-state index in [9.17, 15) is 0 Å². The number of ether oxygens (including phenoxy) is 2. The lowest BCUT2D eigenvalue weighted by Crippen LogP contribution is -2.09. The standard InChI is InChI=1S/C16H19O2P/c1-11-9-13(17-3)5-7-15(11)19-16-8-6-14(18-4)10-12(16)2/h5-10,19H,1-4H3. The van der Waals surface area contributed by atoms with Gasteiger partial charge in [0.25, 0.3) is 0 Å². The van der Waals surface area contributed by atoms with Gasteiger partial charge in [0.2, 0.25) is 0 Å². The van der Waals surface area contributed by atoms with Crippen LogP contribution in [0.4, 0.5) is 0 Å². The van der Waals surface area contributed by atoms with Gasteiger partial charge in [-0.1, -0.05) is 20.7 Å². The molecule has 100 valence electrons. The second-order valence-electron chi connectivity index (χ2n) is 4.49. The molecule has 0 spiro atoms. The molecule has 0 saturated heterocycles. The van der Waals surface area contributed by atoms with Crippen molar-refractivity contribution in [2.24, 2.45) is 0 Å². The van der Waals surface area contributed by atoms with Crippen LogP contribution in [-0.4, -0.2) is 14.2 Å². The third-order valence-corrected chi connectivity index (χ3v) is 4.80. The van der Waals surface area contributed by atoms with Gasteiger partial charge < -0.3 is 9.47 Å². The second kappa shape index (κ2) is 6.08. The van der Waals surface area contributed by atoms with E-state index in [0.29, 0.717) is 8.58 Å². The quantitative estimate of drug-likeness (QED) is 0.798. The van der Waals surface area contributed by atoms with Gasteiger partial charge in [-0.2, -0.15) is 0 Å². The molecule has 0 saturated carbocycles. The van der Waals surface area contributed by atoms with Crippen molar-refractivity contribution in [3.8, 4) is 11.5 Å². The molecule has 0 bridgehead atoms. The summed E-state index contributed by atoms with van der Waals surface area (Å²) in [5.41, 5.74) is 2.54. The van der Waals surface area contributed by atoms with Crippen molar-refractivity contribution in [2.75, 3.05) is 14.2 Å². The van der Waals surface area contributed by atoms with E-state index in [-0.39, 0.29) is 0 Å². The highest BCUT2D eigenvalue weighted by Crippen LogP contribution is 2.21. The molecule has 0 unspecified atom stereocenters. The molecule has 0 atom stereocenters. The lowest BCUT2D eigenvalue weighted by atomic mass is 10.2. The van der Waals surface area contributed by atoms with Gasteiger partial charge in [-0.15, -0.1) is 0 Å². The Kier molecular flexibility index (Phi) is 4.44. The summed E-state index contributed by atoms with van der Waals surface area (Å²) in [6.07, 6.45) is 0. The Morgan fingerprint density at radius 2 is 1.16 bits per heavy atom. The third kappa shape index (κ3) is 3.27. The molecule has 3 heteroatoms. The monoisotopic (exact) mass is 274 g/mol. The minimum atomic E-state index is 0.659. The minimum absolute atomic E-state index is 0.659. The number of hydrogen-bond acceptors (Lipinski definition) is 2. The predicted octanol–water partition coefficient (Wildman–Crippen LogP) is 2.95. The summed E-state index contributed by atoms with van der Waals surface area (Å²) >= 11 is 0. The van der Waals surface area contributed by atoms with Crippen LogP contribution in [-0.2, 0) is 0 Å². The Bertz CT molecular complexity index is 527. The lowest BCUT2D eigenvalue weighted by Gasteiger charge is -2.11. The van der Waals surface area contributed by atoms with Gasteiger partial charge in [-0.05, 0) is 59.8 Å². The summed E-state index contributed by atoms with van der Waals surface area (Å²) in [7, 11) is 4.06. The van der Waals surface area contributed by atoms with Gasteiger partial charge in [0, 0.05) is 0 Å². The molecule has 0 heterocycles. The molecule has 19 heavy (non-hydrogen) atoms. The molecule has 2 rings (SSSR count). The SMILES string of the molecule is COc1ccc(Pc2ccc(OC)cc2C)c(C)c1. The summed E-state index contributed by atoms with van der Waals surface area (Å²) in [4.78, 5) is 0. The summed E-state index contributed by atoms with van der Waals surface area (Å²) in [6, 6.07) is 12.5. The number of rotatable bonds is 4. The van der Waals surface area contributed by atoms with Crippen molar-refractivity contribution in [2.45, 2.75) is 13.8 Å². The van der Waals surface area contributed by atoms with Crippen LogP contribution < -0.4 is 20.1 Å². The van der Waals surface area contributed by atoms with E-state index in [1.165, 1.54) is 21.7 Å². The molecular formula is C16H19O2P. The van der Waals surface area contributed by atoms with Gasteiger partial charge in [0.05, 0.1) is 14.2 Å². The molecule has 0 aliphatic carbocycles. The van der Waals surface area contributed by atoms with Crippen LogP contribution in [0.2, 0.25) is 0 Å². The van der Waals surface area contributed by atoms with E-state index in [2.05, 4.69) is 38.1 Å².